The third kappa shape index (κ3) is 2.97. The lowest BCUT2D eigenvalue weighted by Gasteiger charge is -2.27. The van der Waals surface area contributed by atoms with E-state index in [2.05, 4.69) is 0 Å². The van der Waals surface area contributed by atoms with Crippen molar-refractivity contribution in [3.8, 4) is 11.5 Å². The molecule has 2 aromatic rings. The maximum atomic E-state index is 13.3. The third-order valence-corrected chi connectivity index (χ3v) is 7.14. The molecule has 138 valence electrons. The van der Waals surface area contributed by atoms with Crippen molar-refractivity contribution in [2.75, 3.05) is 19.8 Å². The molecule has 0 spiro atoms. The van der Waals surface area contributed by atoms with Gasteiger partial charge in [0.2, 0.25) is 10.0 Å². The van der Waals surface area contributed by atoms with Gasteiger partial charge in [-0.3, -0.25) is 0 Å². The average Bonchev–Trinajstić information content (AvgIpc) is 3.14. The molecule has 1 saturated heterocycles. The molecular formula is C20H23NO4S. The molecule has 2 aliphatic rings. The topological polar surface area (TPSA) is 55.8 Å². The molecule has 26 heavy (non-hydrogen) atoms. The van der Waals surface area contributed by atoms with E-state index in [1.807, 2.05) is 44.2 Å². The fraction of sp³-hybridized carbons (Fsp3) is 0.400. The van der Waals surface area contributed by atoms with Crippen LogP contribution in [0.4, 0.5) is 0 Å². The number of hydrogen-bond donors (Lipinski definition) is 0. The summed E-state index contributed by atoms with van der Waals surface area (Å²) < 4.78 is 39.6. The summed E-state index contributed by atoms with van der Waals surface area (Å²) in [6, 6.07) is 11.2. The standard InChI is InChI=1S/C20H23NO4S/c1-14-5-6-15(2)20(12-14)26(22,23)21-9-3-4-17(21)16-7-8-18-19(13-16)25-11-10-24-18/h5-8,12-13,17H,3-4,9-11H2,1-2H3/t17-/m0/s1. The SMILES string of the molecule is Cc1ccc(C)c(S(=O)(=O)N2CCC[C@H]2c2ccc3c(c2)OCCO3)c1. The van der Waals surface area contributed by atoms with Crippen LogP contribution in [-0.2, 0) is 10.0 Å². The molecule has 0 N–H and O–H groups in total. The molecule has 2 heterocycles. The first-order chi connectivity index (χ1) is 12.5. The first kappa shape index (κ1) is 17.4. The fourth-order valence-electron chi connectivity index (χ4n) is 3.74. The van der Waals surface area contributed by atoms with E-state index >= 15 is 0 Å². The van der Waals surface area contributed by atoms with Crippen LogP contribution >= 0.6 is 0 Å². The van der Waals surface area contributed by atoms with Gasteiger partial charge >= 0.3 is 0 Å². The van der Waals surface area contributed by atoms with Gasteiger partial charge in [0.05, 0.1) is 10.9 Å². The second kappa shape index (κ2) is 6.59. The van der Waals surface area contributed by atoms with Gasteiger partial charge in [-0.2, -0.15) is 4.31 Å². The van der Waals surface area contributed by atoms with Gasteiger partial charge in [-0.25, -0.2) is 8.42 Å². The molecule has 6 heteroatoms. The molecule has 2 aliphatic heterocycles. The summed E-state index contributed by atoms with van der Waals surface area (Å²) in [5.74, 6) is 1.42. The van der Waals surface area contributed by atoms with Crippen molar-refractivity contribution in [3.05, 3.63) is 53.1 Å². The molecule has 0 saturated carbocycles. The molecule has 0 radical (unpaired) electrons. The Hall–Kier alpha value is -2.05. The van der Waals surface area contributed by atoms with E-state index in [-0.39, 0.29) is 6.04 Å². The van der Waals surface area contributed by atoms with Crippen LogP contribution in [0.15, 0.2) is 41.3 Å². The summed E-state index contributed by atoms with van der Waals surface area (Å²) in [6.07, 6.45) is 1.66. The highest BCUT2D eigenvalue weighted by Crippen LogP contribution is 2.40. The van der Waals surface area contributed by atoms with Crippen LogP contribution < -0.4 is 9.47 Å². The number of ether oxygens (including phenoxy) is 2. The number of sulfonamides is 1. The van der Waals surface area contributed by atoms with Crippen LogP contribution in [0, 0.1) is 13.8 Å². The van der Waals surface area contributed by atoms with Gasteiger partial charge in [-0.05, 0) is 61.6 Å². The molecule has 4 rings (SSSR count). The van der Waals surface area contributed by atoms with Gasteiger partial charge < -0.3 is 9.47 Å². The third-order valence-electron chi connectivity index (χ3n) is 5.08. The second-order valence-electron chi connectivity index (χ2n) is 6.95. The molecular weight excluding hydrogens is 350 g/mol. The van der Waals surface area contributed by atoms with Crippen molar-refractivity contribution in [2.45, 2.75) is 37.6 Å². The van der Waals surface area contributed by atoms with Gasteiger partial charge in [0, 0.05) is 6.54 Å². The largest absolute Gasteiger partial charge is 0.486 e. The summed E-state index contributed by atoms with van der Waals surface area (Å²) in [5, 5.41) is 0. The molecule has 5 nitrogen and oxygen atoms in total. The summed E-state index contributed by atoms with van der Waals surface area (Å²) in [6.45, 7) is 5.37. The van der Waals surface area contributed by atoms with Crippen molar-refractivity contribution < 1.29 is 17.9 Å². The Balaban J connectivity index is 1.71. The van der Waals surface area contributed by atoms with Crippen LogP contribution in [0.3, 0.4) is 0 Å². The van der Waals surface area contributed by atoms with E-state index in [9.17, 15) is 8.42 Å². The van der Waals surface area contributed by atoms with Gasteiger partial charge in [-0.15, -0.1) is 0 Å². The molecule has 0 aliphatic carbocycles. The van der Waals surface area contributed by atoms with Gasteiger partial charge in [0.25, 0.3) is 0 Å². The zero-order chi connectivity index (χ0) is 18.3. The first-order valence-corrected chi connectivity index (χ1v) is 10.4. The molecule has 0 unspecified atom stereocenters. The molecule has 1 atom stereocenters. The Morgan fingerprint density at radius 1 is 1.00 bits per heavy atom. The highest BCUT2D eigenvalue weighted by atomic mass is 32.2. The average molecular weight is 373 g/mol. The zero-order valence-electron chi connectivity index (χ0n) is 15.1. The second-order valence-corrected chi connectivity index (χ2v) is 8.80. The number of aryl methyl sites for hydroxylation is 2. The Labute approximate surface area is 154 Å². The number of benzene rings is 2. The number of hydrogen-bond acceptors (Lipinski definition) is 4. The van der Waals surface area contributed by atoms with E-state index in [4.69, 9.17) is 9.47 Å². The van der Waals surface area contributed by atoms with Crippen LogP contribution in [0.1, 0.15) is 35.6 Å². The van der Waals surface area contributed by atoms with Crippen molar-refractivity contribution in [1.82, 2.24) is 4.31 Å². The molecule has 0 amide bonds. The monoisotopic (exact) mass is 373 g/mol. The Morgan fingerprint density at radius 3 is 2.58 bits per heavy atom. The minimum Gasteiger partial charge on any atom is -0.486 e. The number of fused-ring (bicyclic) bond motifs is 1. The summed E-state index contributed by atoms with van der Waals surface area (Å²) >= 11 is 0. The van der Waals surface area contributed by atoms with Crippen LogP contribution in [0.2, 0.25) is 0 Å². The minimum absolute atomic E-state index is 0.171. The quantitative estimate of drug-likeness (QED) is 0.825. The highest BCUT2D eigenvalue weighted by molar-refractivity contribution is 7.89. The minimum atomic E-state index is -3.55. The van der Waals surface area contributed by atoms with Gasteiger partial charge in [-0.1, -0.05) is 18.2 Å². The van der Waals surface area contributed by atoms with E-state index in [1.165, 1.54) is 0 Å². The summed E-state index contributed by atoms with van der Waals surface area (Å²) in [5.41, 5.74) is 2.69. The number of rotatable bonds is 3. The summed E-state index contributed by atoms with van der Waals surface area (Å²) in [4.78, 5) is 0.405. The normalized spacial score (nSPS) is 20.3. The van der Waals surface area contributed by atoms with E-state index in [0.29, 0.717) is 30.4 Å². The Morgan fingerprint density at radius 2 is 1.77 bits per heavy atom. The van der Waals surface area contributed by atoms with Crippen LogP contribution in [-0.4, -0.2) is 32.5 Å². The Kier molecular flexibility index (Phi) is 4.40. The van der Waals surface area contributed by atoms with E-state index in [1.54, 1.807) is 10.4 Å². The van der Waals surface area contributed by atoms with E-state index < -0.39 is 10.0 Å². The van der Waals surface area contributed by atoms with Crippen molar-refractivity contribution in [2.24, 2.45) is 0 Å². The lowest BCUT2D eigenvalue weighted by atomic mass is 10.0. The predicted molar refractivity (Wildman–Crippen MR) is 99.2 cm³/mol. The predicted octanol–water partition coefficient (Wildman–Crippen LogP) is 3.60. The summed E-state index contributed by atoms with van der Waals surface area (Å²) in [7, 11) is -3.55. The molecule has 0 aromatic heterocycles. The van der Waals surface area contributed by atoms with Crippen LogP contribution in [0.25, 0.3) is 0 Å². The highest BCUT2D eigenvalue weighted by Gasteiger charge is 2.37. The van der Waals surface area contributed by atoms with Crippen LogP contribution in [0.5, 0.6) is 11.5 Å². The van der Waals surface area contributed by atoms with E-state index in [0.717, 1.165) is 35.3 Å². The smallest absolute Gasteiger partial charge is 0.243 e. The van der Waals surface area contributed by atoms with Gasteiger partial charge in [0.15, 0.2) is 11.5 Å². The maximum Gasteiger partial charge on any atom is 0.243 e. The van der Waals surface area contributed by atoms with Crippen molar-refractivity contribution >= 4 is 10.0 Å². The van der Waals surface area contributed by atoms with Crippen molar-refractivity contribution in [3.63, 3.8) is 0 Å². The zero-order valence-corrected chi connectivity index (χ0v) is 15.9. The fourth-order valence-corrected chi connectivity index (χ4v) is 5.73. The number of nitrogens with zero attached hydrogens (tertiary/aromatic N) is 1. The molecule has 0 bridgehead atoms. The maximum absolute atomic E-state index is 13.3. The van der Waals surface area contributed by atoms with Crippen molar-refractivity contribution in [1.29, 1.82) is 0 Å². The first-order valence-electron chi connectivity index (χ1n) is 8.95. The Bertz CT molecular complexity index is 939. The molecule has 1 fully saturated rings. The lowest BCUT2D eigenvalue weighted by Crippen LogP contribution is -2.31. The lowest BCUT2D eigenvalue weighted by molar-refractivity contribution is 0.171. The van der Waals surface area contributed by atoms with Gasteiger partial charge in [0.1, 0.15) is 13.2 Å². The molecule has 2 aromatic carbocycles.